The van der Waals surface area contributed by atoms with Gasteiger partial charge >= 0.3 is 0 Å². The van der Waals surface area contributed by atoms with Gasteiger partial charge < -0.3 is 21.3 Å². The van der Waals surface area contributed by atoms with Gasteiger partial charge in [0.15, 0.2) is 0 Å². The summed E-state index contributed by atoms with van der Waals surface area (Å²) < 4.78 is 0. The van der Waals surface area contributed by atoms with Gasteiger partial charge in [-0.2, -0.15) is 0 Å². The Morgan fingerprint density at radius 1 is 0.833 bits per heavy atom. The summed E-state index contributed by atoms with van der Waals surface area (Å²) in [5, 5.41) is 10.9. The van der Waals surface area contributed by atoms with E-state index in [0.29, 0.717) is 19.4 Å². The summed E-state index contributed by atoms with van der Waals surface area (Å²) in [5.41, 5.74) is 1.68. The van der Waals surface area contributed by atoms with E-state index in [-0.39, 0.29) is 24.8 Å². The summed E-state index contributed by atoms with van der Waals surface area (Å²) in [5.74, 6) is -3.04. The number of benzene rings is 2. The number of hydrogen-bond donors (Lipinski definition) is 4. The maximum absolute atomic E-state index is 13.7. The lowest BCUT2D eigenvalue weighted by Crippen LogP contribution is -2.54. The van der Waals surface area contributed by atoms with Crippen LogP contribution in [-0.4, -0.2) is 48.0 Å². The summed E-state index contributed by atoms with van der Waals surface area (Å²) in [6.45, 7) is 0.636. The van der Waals surface area contributed by atoms with Crippen molar-refractivity contribution >= 4 is 35.5 Å². The Kier molecular flexibility index (Phi) is 11.4. The zero-order valence-electron chi connectivity index (χ0n) is 23.8. The van der Waals surface area contributed by atoms with Crippen LogP contribution in [0.15, 0.2) is 66.7 Å². The third kappa shape index (κ3) is 9.39. The highest BCUT2D eigenvalue weighted by Gasteiger charge is 2.36. The van der Waals surface area contributed by atoms with E-state index >= 15 is 0 Å². The first kappa shape index (κ1) is 30.7. The summed E-state index contributed by atoms with van der Waals surface area (Å²) in [7, 11) is 0. The fourth-order valence-corrected chi connectivity index (χ4v) is 5.63. The first-order valence-corrected chi connectivity index (χ1v) is 14.9. The standard InChI is InChI=1S/C33H40N4O5/c38-29(17-16-23-10-4-1-5-11-23)36-28(20-24-12-6-2-7-13-24)32(41)37-27(21-26-18-19-34-31(26)40)30(39)33(42)35-22-25-14-8-3-9-15-25/h1,3-5,8-11,14-17,24,26-28H,2,6-7,12-13,18-22H2,(H,34,40)(H,35,42)(H,36,38)(H,37,41). The molecule has 2 aromatic rings. The minimum atomic E-state index is -1.20. The van der Waals surface area contributed by atoms with Crippen molar-refractivity contribution < 1.29 is 24.0 Å². The number of carbonyl (C=O) groups is 5. The van der Waals surface area contributed by atoms with Crippen LogP contribution in [0.1, 0.15) is 62.5 Å². The molecule has 222 valence electrons. The van der Waals surface area contributed by atoms with Crippen molar-refractivity contribution in [2.75, 3.05) is 6.54 Å². The van der Waals surface area contributed by atoms with Crippen LogP contribution in [-0.2, 0) is 30.5 Å². The normalized spacial score (nSPS) is 18.6. The molecule has 1 heterocycles. The largest absolute Gasteiger partial charge is 0.356 e. The van der Waals surface area contributed by atoms with Gasteiger partial charge in [0.2, 0.25) is 23.5 Å². The van der Waals surface area contributed by atoms with E-state index in [1.165, 1.54) is 6.08 Å². The van der Waals surface area contributed by atoms with E-state index in [9.17, 15) is 24.0 Å². The molecule has 4 N–H and O–H groups in total. The molecule has 2 aliphatic rings. The number of carbonyl (C=O) groups excluding carboxylic acids is 5. The minimum Gasteiger partial charge on any atom is -0.356 e. The number of rotatable bonds is 13. The second-order valence-electron chi connectivity index (χ2n) is 11.2. The van der Waals surface area contributed by atoms with E-state index in [0.717, 1.165) is 43.2 Å². The molecule has 1 saturated heterocycles. The molecule has 1 aliphatic carbocycles. The van der Waals surface area contributed by atoms with Crippen molar-refractivity contribution in [2.45, 2.75) is 70.0 Å². The van der Waals surface area contributed by atoms with Crippen LogP contribution in [0.5, 0.6) is 0 Å². The lowest BCUT2D eigenvalue weighted by Gasteiger charge is -2.28. The number of Topliss-reactive ketones (excluding diaryl/α,β-unsaturated/α-hetero) is 1. The molecule has 4 amide bonds. The zero-order valence-corrected chi connectivity index (χ0v) is 23.8. The molecule has 0 bridgehead atoms. The van der Waals surface area contributed by atoms with Crippen molar-refractivity contribution in [2.24, 2.45) is 11.8 Å². The number of amides is 4. The molecule has 0 aromatic heterocycles. The summed E-state index contributed by atoms with van der Waals surface area (Å²) in [6, 6.07) is 16.5. The Morgan fingerprint density at radius 2 is 1.52 bits per heavy atom. The van der Waals surface area contributed by atoms with Crippen molar-refractivity contribution in [3.63, 3.8) is 0 Å². The van der Waals surface area contributed by atoms with Gasteiger partial charge in [0.25, 0.3) is 5.91 Å². The van der Waals surface area contributed by atoms with Gasteiger partial charge in [0, 0.05) is 25.1 Å². The highest BCUT2D eigenvalue weighted by Crippen LogP contribution is 2.27. The third-order valence-corrected chi connectivity index (χ3v) is 7.99. The highest BCUT2D eigenvalue weighted by molar-refractivity contribution is 6.38. The molecule has 9 nitrogen and oxygen atoms in total. The average molecular weight is 573 g/mol. The molecule has 3 unspecified atom stereocenters. The molecule has 1 aliphatic heterocycles. The monoisotopic (exact) mass is 572 g/mol. The van der Waals surface area contributed by atoms with Gasteiger partial charge in [-0.25, -0.2) is 0 Å². The molecule has 2 fully saturated rings. The first-order valence-electron chi connectivity index (χ1n) is 14.9. The molecule has 0 radical (unpaired) electrons. The molecule has 2 aromatic carbocycles. The third-order valence-electron chi connectivity index (χ3n) is 7.99. The van der Waals surface area contributed by atoms with Crippen LogP contribution in [0.25, 0.3) is 6.08 Å². The van der Waals surface area contributed by atoms with Crippen molar-refractivity contribution in [1.29, 1.82) is 0 Å². The van der Waals surface area contributed by atoms with E-state index in [1.807, 2.05) is 60.7 Å². The fourth-order valence-electron chi connectivity index (χ4n) is 5.63. The fraction of sp³-hybridized carbons (Fsp3) is 0.424. The quantitative estimate of drug-likeness (QED) is 0.216. The molecule has 1 saturated carbocycles. The average Bonchev–Trinajstić information content (AvgIpc) is 3.43. The lowest BCUT2D eigenvalue weighted by molar-refractivity contribution is -0.141. The number of hydrogen-bond acceptors (Lipinski definition) is 5. The van der Waals surface area contributed by atoms with Gasteiger partial charge in [0.05, 0.1) is 6.04 Å². The van der Waals surface area contributed by atoms with E-state index in [2.05, 4.69) is 21.3 Å². The van der Waals surface area contributed by atoms with Crippen LogP contribution in [0.3, 0.4) is 0 Å². The Balaban J connectivity index is 1.47. The molecule has 42 heavy (non-hydrogen) atoms. The smallest absolute Gasteiger partial charge is 0.289 e. The minimum absolute atomic E-state index is 0.00711. The van der Waals surface area contributed by atoms with Crippen molar-refractivity contribution in [1.82, 2.24) is 21.3 Å². The summed E-state index contributed by atoms with van der Waals surface area (Å²) in [4.78, 5) is 65.1. The Labute approximate surface area is 246 Å². The first-order chi connectivity index (χ1) is 20.4. The highest BCUT2D eigenvalue weighted by atomic mass is 16.2. The summed E-state index contributed by atoms with van der Waals surface area (Å²) >= 11 is 0. The number of nitrogens with one attached hydrogen (secondary N) is 4. The van der Waals surface area contributed by atoms with Crippen LogP contribution in [0, 0.1) is 11.8 Å². The Hall–Kier alpha value is -4.27. The van der Waals surface area contributed by atoms with Crippen LogP contribution in [0.2, 0.25) is 0 Å². The topological polar surface area (TPSA) is 133 Å². The van der Waals surface area contributed by atoms with Crippen LogP contribution in [0.4, 0.5) is 0 Å². The van der Waals surface area contributed by atoms with Crippen LogP contribution < -0.4 is 21.3 Å². The molecule has 4 rings (SSSR count). The maximum atomic E-state index is 13.7. The molecular formula is C33H40N4O5. The molecule has 0 spiro atoms. The molecule has 3 atom stereocenters. The zero-order chi connectivity index (χ0) is 29.7. The number of ketones is 1. The van der Waals surface area contributed by atoms with E-state index < -0.39 is 41.5 Å². The second kappa shape index (κ2) is 15.7. The Bertz CT molecular complexity index is 1260. The van der Waals surface area contributed by atoms with Gasteiger partial charge in [-0.3, -0.25) is 24.0 Å². The maximum Gasteiger partial charge on any atom is 0.289 e. The predicted molar refractivity (Wildman–Crippen MR) is 160 cm³/mol. The van der Waals surface area contributed by atoms with Gasteiger partial charge in [-0.05, 0) is 42.4 Å². The molecule has 9 heteroatoms. The summed E-state index contributed by atoms with van der Waals surface area (Å²) in [6.07, 6.45) is 9.23. The van der Waals surface area contributed by atoms with E-state index in [4.69, 9.17) is 0 Å². The second-order valence-corrected chi connectivity index (χ2v) is 11.2. The van der Waals surface area contributed by atoms with Gasteiger partial charge in [-0.1, -0.05) is 92.8 Å². The SMILES string of the molecule is O=C(C=Cc1ccccc1)NC(CC1CCCCC1)C(=O)NC(CC1CCNC1=O)C(=O)C(=O)NCc1ccccc1. The lowest BCUT2D eigenvalue weighted by atomic mass is 9.84. The van der Waals surface area contributed by atoms with Crippen molar-refractivity contribution in [3.8, 4) is 0 Å². The van der Waals surface area contributed by atoms with E-state index in [1.54, 1.807) is 6.08 Å². The molecular weight excluding hydrogens is 532 g/mol. The van der Waals surface area contributed by atoms with Gasteiger partial charge in [-0.15, -0.1) is 0 Å². The van der Waals surface area contributed by atoms with Gasteiger partial charge in [0.1, 0.15) is 6.04 Å². The van der Waals surface area contributed by atoms with Crippen molar-refractivity contribution in [3.05, 3.63) is 77.9 Å². The van der Waals surface area contributed by atoms with Crippen LogP contribution >= 0.6 is 0 Å². The predicted octanol–water partition coefficient (Wildman–Crippen LogP) is 3.05. The Morgan fingerprint density at radius 3 is 2.19 bits per heavy atom.